The first-order chi connectivity index (χ1) is 11.3. The maximum Gasteiger partial charge on any atom is 0.118 e. The highest BCUT2D eigenvalue weighted by Crippen LogP contribution is 2.29. The molecule has 0 radical (unpaired) electrons. The zero-order valence-corrected chi connectivity index (χ0v) is 14.0. The molecule has 23 heavy (non-hydrogen) atoms. The van der Waals surface area contributed by atoms with Crippen molar-refractivity contribution in [3.8, 4) is 5.75 Å². The van der Waals surface area contributed by atoms with Gasteiger partial charge in [-0.3, -0.25) is 9.88 Å². The van der Waals surface area contributed by atoms with Crippen molar-refractivity contribution in [2.24, 2.45) is 0 Å². The van der Waals surface area contributed by atoms with Crippen LogP contribution in [0.25, 0.3) is 0 Å². The molecule has 0 saturated carbocycles. The highest BCUT2D eigenvalue weighted by atomic mass is 16.5. The molecule has 1 atom stereocenters. The van der Waals surface area contributed by atoms with Crippen molar-refractivity contribution in [1.29, 1.82) is 0 Å². The van der Waals surface area contributed by atoms with Crippen molar-refractivity contribution in [2.75, 3.05) is 33.3 Å². The molecule has 1 aromatic carbocycles. The van der Waals surface area contributed by atoms with Crippen molar-refractivity contribution < 1.29 is 4.74 Å². The van der Waals surface area contributed by atoms with Gasteiger partial charge in [0.1, 0.15) is 5.75 Å². The Morgan fingerprint density at radius 1 is 1.13 bits per heavy atom. The standard InChI is InChI=1S/C19H25N3O/c1-3-15-4-9-18(21-14-15)19(22-12-10-20-11-13-22)16-5-7-17(23-2)8-6-16/h4-9,14,19-20H,3,10-13H2,1-2H3. The lowest BCUT2D eigenvalue weighted by Gasteiger charge is -2.35. The van der Waals surface area contributed by atoms with E-state index in [1.807, 2.05) is 18.3 Å². The van der Waals surface area contributed by atoms with E-state index < -0.39 is 0 Å². The minimum Gasteiger partial charge on any atom is -0.497 e. The van der Waals surface area contributed by atoms with Gasteiger partial charge in [-0.2, -0.15) is 0 Å². The van der Waals surface area contributed by atoms with E-state index in [9.17, 15) is 0 Å². The van der Waals surface area contributed by atoms with Gasteiger partial charge in [0, 0.05) is 32.4 Å². The lowest BCUT2D eigenvalue weighted by atomic mass is 9.99. The van der Waals surface area contributed by atoms with Crippen molar-refractivity contribution in [3.63, 3.8) is 0 Å². The number of methoxy groups -OCH3 is 1. The Labute approximate surface area is 138 Å². The number of hydrogen-bond donors (Lipinski definition) is 1. The summed E-state index contributed by atoms with van der Waals surface area (Å²) in [5.41, 5.74) is 3.67. The number of nitrogens with one attached hydrogen (secondary N) is 1. The number of aryl methyl sites for hydroxylation is 1. The van der Waals surface area contributed by atoms with E-state index in [-0.39, 0.29) is 6.04 Å². The van der Waals surface area contributed by atoms with Gasteiger partial charge in [0.25, 0.3) is 0 Å². The highest BCUT2D eigenvalue weighted by molar-refractivity contribution is 5.34. The third-order valence-corrected chi connectivity index (χ3v) is 4.48. The van der Waals surface area contributed by atoms with Gasteiger partial charge in [-0.05, 0) is 35.7 Å². The Kier molecular flexibility index (Phi) is 5.26. The minimum atomic E-state index is 0.203. The predicted octanol–water partition coefficient (Wildman–Crippen LogP) is 2.65. The summed E-state index contributed by atoms with van der Waals surface area (Å²) in [6.45, 7) is 6.29. The zero-order chi connectivity index (χ0) is 16.1. The molecule has 4 heteroatoms. The summed E-state index contributed by atoms with van der Waals surface area (Å²) in [7, 11) is 1.70. The molecule has 1 N–H and O–H groups in total. The number of piperazine rings is 1. The molecular formula is C19H25N3O. The quantitative estimate of drug-likeness (QED) is 0.921. The summed E-state index contributed by atoms with van der Waals surface area (Å²) in [4.78, 5) is 7.26. The number of aromatic nitrogens is 1. The summed E-state index contributed by atoms with van der Waals surface area (Å²) < 4.78 is 5.29. The second-order valence-corrected chi connectivity index (χ2v) is 5.91. The minimum absolute atomic E-state index is 0.203. The van der Waals surface area contributed by atoms with Crippen LogP contribution in [0.4, 0.5) is 0 Å². The number of rotatable bonds is 5. The Morgan fingerprint density at radius 3 is 2.43 bits per heavy atom. The molecule has 122 valence electrons. The maximum absolute atomic E-state index is 5.29. The van der Waals surface area contributed by atoms with Crippen LogP contribution in [0.2, 0.25) is 0 Å². The number of nitrogens with zero attached hydrogens (tertiary/aromatic N) is 2. The van der Waals surface area contributed by atoms with Crippen molar-refractivity contribution in [3.05, 3.63) is 59.4 Å². The van der Waals surface area contributed by atoms with E-state index in [4.69, 9.17) is 9.72 Å². The van der Waals surface area contributed by atoms with E-state index in [1.165, 1.54) is 11.1 Å². The van der Waals surface area contributed by atoms with E-state index in [0.29, 0.717) is 0 Å². The fraction of sp³-hybridized carbons (Fsp3) is 0.421. The fourth-order valence-electron chi connectivity index (χ4n) is 3.10. The molecule has 0 bridgehead atoms. The number of ether oxygens (including phenoxy) is 1. The molecule has 1 unspecified atom stereocenters. The van der Waals surface area contributed by atoms with Gasteiger partial charge < -0.3 is 10.1 Å². The molecule has 1 saturated heterocycles. The predicted molar refractivity (Wildman–Crippen MR) is 92.9 cm³/mol. The molecule has 3 rings (SSSR count). The summed E-state index contributed by atoms with van der Waals surface area (Å²) in [5, 5.41) is 3.43. The molecule has 2 heterocycles. The molecule has 0 aliphatic carbocycles. The lowest BCUT2D eigenvalue weighted by Crippen LogP contribution is -2.45. The molecule has 1 fully saturated rings. The van der Waals surface area contributed by atoms with Crippen molar-refractivity contribution in [2.45, 2.75) is 19.4 Å². The van der Waals surface area contributed by atoms with Crippen molar-refractivity contribution >= 4 is 0 Å². The third kappa shape index (κ3) is 3.71. The molecular weight excluding hydrogens is 286 g/mol. The molecule has 2 aromatic rings. The first-order valence-electron chi connectivity index (χ1n) is 8.35. The van der Waals surface area contributed by atoms with Gasteiger partial charge >= 0.3 is 0 Å². The normalized spacial score (nSPS) is 17.0. The lowest BCUT2D eigenvalue weighted by molar-refractivity contribution is 0.195. The molecule has 1 aliphatic rings. The average molecular weight is 311 g/mol. The summed E-state index contributed by atoms with van der Waals surface area (Å²) in [6, 6.07) is 12.9. The summed E-state index contributed by atoms with van der Waals surface area (Å²) in [5.74, 6) is 0.891. The van der Waals surface area contributed by atoms with Crippen LogP contribution in [0.5, 0.6) is 5.75 Å². The van der Waals surface area contributed by atoms with Crippen LogP contribution < -0.4 is 10.1 Å². The molecule has 1 aliphatic heterocycles. The van der Waals surface area contributed by atoms with Crippen LogP contribution in [0.1, 0.15) is 29.8 Å². The van der Waals surface area contributed by atoms with E-state index in [2.05, 4.69) is 41.4 Å². The number of pyridine rings is 1. The Bertz CT molecular complexity index is 556. The SMILES string of the molecule is CCc1ccc(C(c2ccc(OC)cc2)N2CCNCC2)nc1. The van der Waals surface area contributed by atoms with Gasteiger partial charge in [0.05, 0.1) is 18.8 Å². The van der Waals surface area contributed by atoms with E-state index >= 15 is 0 Å². The van der Waals surface area contributed by atoms with Gasteiger partial charge in [0.2, 0.25) is 0 Å². The van der Waals surface area contributed by atoms with Crippen molar-refractivity contribution in [1.82, 2.24) is 15.2 Å². The topological polar surface area (TPSA) is 37.4 Å². The van der Waals surface area contributed by atoms with E-state index in [1.54, 1.807) is 7.11 Å². The number of hydrogen-bond acceptors (Lipinski definition) is 4. The van der Waals surface area contributed by atoms with Gasteiger partial charge in [0.15, 0.2) is 0 Å². The first-order valence-corrected chi connectivity index (χ1v) is 8.35. The Hall–Kier alpha value is -1.91. The van der Waals surface area contributed by atoms with Crippen LogP contribution >= 0.6 is 0 Å². The van der Waals surface area contributed by atoms with Gasteiger partial charge in [-0.25, -0.2) is 0 Å². The maximum atomic E-state index is 5.29. The van der Waals surface area contributed by atoms with E-state index in [0.717, 1.165) is 44.0 Å². The second kappa shape index (κ2) is 7.57. The van der Waals surface area contributed by atoms with Crippen LogP contribution in [0.3, 0.4) is 0 Å². The third-order valence-electron chi connectivity index (χ3n) is 4.48. The van der Waals surface area contributed by atoms with Gasteiger partial charge in [-0.15, -0.1) is 0 Å². The van der Waals surface area contributed by atoms with Crippen LogP contribution in [-0.2, 0) is 6.42 Å². The Balaban J connectivity index is 1.93. The largest absolute Gasteiger partial charge is 0.497 e. The summed E-state index contributed by atoms with van der Waals surface area (Å²) in [6.07, 6.45) is 3.03. The van der Waals surface area contributed by atoms with Crippen LogP contribution in [0.15, 0.2) is 42.6 Å². The average Bonchev–Trinajstić information content (AvgIpc) is 2.64. The van der Waals surface area contributed by atoms with Crippen LogP contribution in [0, 0.1) is 0 Å². The second-order valence-electron chi connectivity index (χ2n) is 5.91. The molecule has 0 spiro atoms. The number of benzene rings is 1. The highest BCUT2D eigenvalue weighted by Gasteiger charge is 2.24. The summed E-state index contributed by atoms with van der Waals surface area (Å²) >= 11 is 0. The first kappa shape index (κ1) is 16.0. The monoisotopic (exact) mass is 311 g/mol. The molecule has 4 nitrogen and oxygen atoms in total. The fourth-order valence-corrected chi connectivity index (χ4v) is 3.10. The smallest absolute Gasteiger partial charge is 0.118 e. The molecule has 0 amide bonds. The van der Waals surface area contributed by atoms with Crippen LogP contribution in [-0.4, -0.2) is 43.2 Å². The zero-order valence-electron chi connectivity index (χ0n) is 14.0. The van der Waals surface area contributed by atoms with Gasteiger partial charge in [-0.1, -0.05) is 25.1 Å². The molecule has 1 aromatic heterocycles. The Morgan fingerprint density at radius 2 is 1.87 bits per heavy atom.